The van der Waals surface area contributed by atoms with Crippen LogP contribution >= 0.6 is 0 Å². The number of aryl methyl sites for hydroxylation is 2. The molecule has 0 radical (unpaired) electrons. The maximum atomic E-state index is 11.7. The number of amides is 1. The highest BCUT2D eigenvalue weighted by molar-refractivity contribution is 5.90. The third-order valence-corrected chi connectivity index (χ3v) is 2.37. The molecule has 0 saturated heterocycles. The molecule has 3 N–H and O–H groups in total. The summed E-state index contributed by atoms with van der Waals surface area (Å²) in [7, 11) is 1.54. The molecule has 0 fully saturated rings. The number of nitrogens with two attached hydrogens (primary N) is 1. The summed E-state index contributed by atoms with van der Waals surface area (Å²) < 4.78 is 5.05. The minimum Gasteiger partial charge on any atom is -0.380 e. The number of hydrogen-bond acceptors (Lipinski definition) is 4. The fourth-order valence-corrected chi connectivity index (χ4v) is 1.57. The van der Waals surface area contributed by atoms with Crippen molar-refractivity contribution in [2.24, 2.45) is 5.73 Å². The summed E-state index contributed by atoms with van der Waals surface area (Å²) in [5.41, 5.74) is 7.39. The van der Waals surface area contributed by atoms with Crippen LogP contribution in [0.1, 0.15) is 17.7 Å². The van der Waals surface area contributed by atoms with Gasteiger partial charge in [0.25, 0.3) is 0 Å². The Balaban J connectivity index is 2.61. The minimum atomic E-state index is -0.249. The highest BCUT2D eigenvalue weighted by atomic mass is 16.5. The van der Waals surface area contributed by atoms with Crippen LogP contribution in [-0.2, 0) is 9.53 Å². The van der Waals surface area contributed by atoms with Gasteiger partial charge in [0.15, 0.2) is 0 Å². The zero-order chi connectivity index (χ0) is 12.8. The highest BCUT2D eigenvalue weighted by Crippen LogP contribution is 2.09. The first-order chi connectivity index (χ1) is 8.05. The molecule has 0 spiro atoms. The second-order valence-corrected chi connectivity index (χ2v) is 4.02. The lowest BCUT2D eigenvalue weighted by Gasteiger charge is -2.12. The summed E-state index contributed by atoms with van der Waals surface area (Å²) in [5, 5.41) is 2.74. The third-order valence-electron chi connectivity index (χ3n) is 2.37. The van der Waals surface area contributed by atoms with Crippen molar-refractivity contribution in [3.05, 3.63) is 23.4 Å². The summed E-state index contributed by atoms with van der Waals surface area (Å²) >= 11 is 0. The second-order valence-electron chi connectivity index (χ2n) is 4.02. The van der Waals surface area contributed by atoms with Crippen molar-refractivity contribution in [3.63, 3.8) is 0 Å². The lowest BCUT2D eigenvalue weighted by atomic mass is 10.2. The van der Waals surface area contributed by atoms with Gasteiger partial charge in [-0.1, -0.05) is 0 Å². The zero-order valence-electron chi connectivity index (χ0n) is 10.5. The van der Waals surface area contributed by atoms with E-state index in [9.17, 15) is 4.79 Å². The largest absolute Gasteiger partial charge is 0.380 e. The van der Waals surface area contributed by atoms with E-state index in [0.717, 1.165) is 11.3 Å². The van der Waals surface area contributed by atoms with Gasteiger partial charge in [0, 0.05) is 19.3 Å². The van der Waals surface area contributed by atoms with Crippen molar-refractivity contribution in [2.45, 2.75) is 26.4 Å². The van der Waals surface area contributed by atoms with Crippen molar-refractivity contribution >= 4 is 11.7 Å². The molecule has 5 nitrogen and oxygen atoms in total. The highest BCUT2D eigenvalue weighted by Gasteiger charge is 2.12. The summed E-state index contributed by atoms with van der Waals surface area (Å²) in [4.78, 5) is 15.9. The summed E-state index contributed by atoms with van der Waals surface area (Å²) in [6, 6.07) is 3.78. The van der Waals surface area contributed by atoms with Crippen LogP contribution < -0.4 is 11.1 Å². The molecule has 1 aromatic rings. The third kappa shape index (κ3) is 4.50. The molecule has 94 valence electrons. The van der Waals surface area contributed by atoms with Crippen molar-refractivity contribution < 1.29 is 9.53 Å². The van der Waals surface area contributed by atoms with E-state index in [2.05, 4.69) is 10.3 Å². The lowest BCUT2D eigenvalue weighted by Crippen LogP contribution is -2.28. The molecule has 0 aliphatic carbocycles. The van der Waals surface area contributed by atoms with Gasteiger partial charge in [-0.05, 0) is 31.5 Å². The van der Waals surface area contributed by atoms with Gasteiger partial charge in [-0.15, -0.1) is 0 Å². The van der Waals surface area contributed by atoms with Gasteiger partial charge in [0.2, 0.25) is 5.91 Å². The Morgan fingerprint density at radius 2 is 2.24 bits per heavy atom. The van der Waals surface area contributed by atoms with Gasteiger partial charge in [0.1, 0.15) is 5.82 Å². The molecule has 0 saturated carbocycles. The Kier molecular flexibility index (Phi) is 5.06. The molecule has 0 aliphatic heterocycles. The number of carbonyl (C=O) groups excluding carboxylic acids is 1. The molecular weight excluding hydrogens is 218 g/mol. The fourth-order valence-electron chi connectivity index (χ4n) is 1.57. The van der Waals surface area contributed by atoms with E-state index in [1.165, 1.54) is 0 Å². The van der Waals surface area contributed by atoms with Gasteiger partial charge in [-0.25, -0.2) is 4.98 Å². The van der Waals surface area contributed by atoms with Crippen molar-refractivity contribution in [2.75, 3.05) is 19.0 Å². The molecule has 1 rings (SSSR count). The van der Waals surface area contributed by atoms with E-state index < -0.39 is 0 Å². The van der Waals surface area contributed by atoms with Gasteiger partial charge < -0.3 is 15.8 Å². The maximum Gasteiger partial charge on any atom is 0.228 e. The molecule has 1 unspecified atom stereocenters. The van der Waals surface area contributed by atoms with Crippen molar-refractivity contribution in [3.8, 4) is 0 Å². The number of pyridine rings is 1. The van der Waals surface area contributed by atoms with Crippen LogP contribution in [0.4, 0.5) is 5.82 Å². The number of aromatic nitrogens is 1. The van der Waals surface area contributed by atoms with Crippen LogP contribution in [-0.4, -0.2) is 30.6 Å². The van der Waals surface area contributed by atoms with Crippen molar-refractivity contribution in [1.29, 1.82) is 0 Å². The van der Waals surface area contributed by atoms with E-state index in [4.69, 9.17) is 10.5 Å². The summed E-state index contributed by atoms with van der Waals surface area (Å²) in [6.07, 6.45) is -0.0114. The second kappa shape index (κ2) is 6.32. The van der Waals surface area contributed by atoms with E-state index in [1.807, 2.05) is 26.0 Å². The number of carbonyl (C=O) groups is 1. The standard InChI is InChI=1S/C12H19N3O2/c1-8-4-9(2)14-11(5-8)15-12(16)6-10(7-13)17-3/h4-5,10H,6-7,13H2,1-3H3,(H,14,15,16). The number of anilines is 1. The number of nitrogens with one attached hydrogen (secondary N) is 1. The van der Waals surface area contributed by atoms with Gasteiger partial charge >= 0.3 is 0 Å². The van der Waals surface area contributed by atoms with E-state index in [0.29, 0.717) is 12.4 Å². The first kappa shape index (κ1) is 13.6. The Bertz CT molecular complexity index is 369. The lowest BCUT2D eigenvalue weighted by molar-refractivity contribution is -0.118. The SMILES string of the molecule is COC(CN)CC(=O)Nc1cc(C)cc(C)n1. The number of ether oxygens (including phenoxy) is 1. The fraction of sp³-hybridized carbons (Fsp3) is 0.500. The molecule has 17 heavy (non-hydrogen) atoms. The Morgan fingerprint density at radius 3 is 2.76 bits per heavy atom. The molecule has 1 aromatic heterocycles. The van der Waals surface area contributed by atoms with E-state index in [1.54, 1.807) is 7.11 Å². The Morgan fingerprint density at radius 1 is 1.53 bits per heavy atom. The molecule has 0 aromatic carbocycles. The van der Waals surface area contributed by atoms with E-state index in [-0.39, 0.29) is 18.4 Å². The molecule has 0 bridgehead atoms. The van der Waals surface area contributed by atoms with Gasteiger partial charge in [-0.3, -0.25) is 4.79 Å². The van der Waals surface area contributed by atoms with E-state index >= 15 is 0 Å². The molecule has 5 heteroatoms. The normalized spacial score (nSPS) is 12.2. The number of methoxy groups -OCH3 is 1. The molecule has 0 aliphatic rings. The zero-order valence-corrected chi connectivity index (χ0v) is 10.5. The quantitative estimate of drug-likeness (QED) is 0.801. The monoisotopic (exact) mass is 237 g/mol. The predicted octanol–water partition coefficient (Wildman–Crippen LogP) is 1.00. The smallest absolute Gasteiger partial charge is 0.228 e. The van der Waals surface area contributed by atoms with Gasteiger partial charge in [-0.2, -0.15) is 0 Å². The molecular formula is C12H19N3O2. The van der Waals surface area contributed by atoms with Gasteiger partial charge in [0.05, 0.1) is 12.5 Å². The molecule has 1 atom stereocenters. The number of hydrogen-bond donors (Lipinski definition) is 2. The van der Waals surface area contributed by atoms with Crippen LogP contribution in [0.2, 0.25) is 0 Å². The van der Waals surface area contributed by atoms with Crippen LogP contribution in [0.15, 0.2) is 12.1 Å². The van der Waals surface area contributed by atoms with Crippen molar-refractivity contribution in [1.82, 2.24) is 4.98 Å². The van der Waals surface area contributed by atoms with Crippen LogP contribution in [0.3, 0.4) is 0 Å². The summed E-state index contributed by atoms with van der Waals surface area (Å²) in [5.74, 6) is 0.430. The first-order valence-corrected chi connectivity index (χ1v) is 5.53. The van der Waals surface area contributed by atoms with Crippen LogP contribution in [0.25, 0.3) is 0 Å². The Labute approximate surface area is 101 Å². The average molecular weight is 237 g/mol. The predicted molar refractivity (Wildman–Crippen MR) is 66.8 cm³/mol. The number of nitrogens with zero attached hydrogens (tertiary/aromatic N) is 1. The Hall–Kier alpha value is -1.46. The van der Waals surface area contributed by atoms with Crippen LogP contribution in [0, 0.1) is 13.8 Å². The van der Waals surface area contributed by atoms with Crippen LogP contribution in [0.5, 0.6) is 0 Å². The average Bonchev–Trinajstić information content (AvgIpc) is 2.24. The minimum absolute atomic E-state index is 0.139. The first-order valence-electron chi connectivity index (χ1n) is 5.53. The topological polar surface area (TPSA) is 77.2 Å². The molecule has 1 heterocycles. The molecule has 1 amide bonds. The number of rotatable bonds is 5. The summed E-state index contributed by atoms with van der Waals surface area (Å²) in [6.45, 7) is 4.17. The maximum absolute atomic E-state index is 11.7.